The minimum absolute atomic E-state index is 0.141. The fraction of sp³-hybridized carbons (Fsp3) is 0.0625. The first kappa shape index (κ1) is 18.6. The number of rotatable bonds is 4. The van der Waals surface area contributed by atoms with Gasteiger partial charge in [-0.1, -0.05) is 29.3 Å². The van der Waals surface area contributed by atoms with E-state index in [1.807, 2.05) is 5.43 Å². The zero-order chi connectivity index (χ0) is 18.4. The Morgan fingerprint density at radius 3 is 2.68 bits per heavy atom. The van der Waals surface area contributed by atoms with Crippen LogP contribution in [0.15, 0.2) is 41.5 Å². The number of hydrogen-bond acceptors (Lipinski definition) is 5. The number of methoxy groups -OCH3 is 1. The minimum atomic E-state index is -1.02. The van der Waals surface area contributed by atoms with E-state index in [0.29, 0.717) is 10.6 Å². The molecule has 0 aliphatic rings. The average molecular weight is 382 g/mol. The summed E-state index contributed by atoms with van der Waals surface area (Å²) in [6.45, 7) is 0. The number of ether oxygens (including phenoxy) is 1. The van der Waals surface area contributed by atoms with E-state index in [2.05, 4.69) is 10.4 Å². The Balaban J connectivity index is 2.00. The Bertz CT molecular complexity index is 840. The molecule has 2 aromatic rings. The first-order valence-corrected chi connectivity index (χ1v) is 7.63. The summed E-state index contributed by atoms with van der Waals surface area (Å²) in [7, 11) is 1.41. The third-order valence-corrected chi connectivity index (χ3v) is 3.57. The van der Waals surface area contributed by atoms with Crippen molar-refractivity contribution in [3.05, 3.63) is 52.0 Å². The smallest absolute Gasteiger partial charge is 0.329 e. The zero-order valence-corrected chi connectivity index (χ0v) is 14.4. The normalized spacial score (nSPS) is 10.5. The van der Waals surface area contributed by atoms with E-state index in [9.17, 15) is 14.7 Å². The van der Waals surface area contributed by atoms with Gasteiger partial charge in [0, 0.05) is 10.6 Å². The second-order valence-electron chi connectivity index (χ2n) is 4.68. The van der Waals surface area contributed by atoms with Crippen molar-refractivity contribution in [1.29, 1.82) is 0 Å². The number of nitrogens with one attached hydrogen (secondary N) is 2. The third kappa shape index (κ3) is 4.85. The van der Waals surface area contributed by atoms with Crippen molar-refractivity contribution in [3.63, 3.8) is 0 Å². The zero-order valence-electron chi connectivity index (χ0n) is 12.9. The molecule has 9 heteroatoms. The number of phenolic OH excluding ortho intramolecular Hbond substituents is 1. The summed E-state index contributed by atoms with van der Waals surface area (Å²) in [5, 5.41) is 16.4. The highest BCUT2D eigenvalue weighted by Gasteiger charge is 2.15. The molecule has 130 valence electrons. The lowest BCUT2D eigenvalue weighted by Crippen LogP contribution is -2.32. The summed E-state index contributed by atoms with van der Waals surface area (Å²) >= 11 is 11.7. The van der Waals surface area contributed by atoms with Crippen molar-refractivity contribution >= 4 is 46.9 Å². The van der Waals surface area contributed by atoms with Crippen molar-refractivity contribution in [1.82, 2.24) is 5.43 Å². The Kier molecular flexibility index (Phi) is 6.21. The molecule has 0 spiro atoms. The Hall–Kier alpha value is -2.77. The molecule has 2 amide bonds. The highest BCUT2D eigenvalue weighted by atomic mass is 35.5. The molecule has 7 nitrogen and oxygen atoms in total. The Labute approximate surface area is 153 Å². The maximum atomic E-state index is 11.8. The lowest BCUT2D eigenvalue weighted by atomic mass is 10.2. The molecule has 0 heterocycles. The maximum absolute atomic E-state index is 11.8. The van der Waals surface area contributed by atoms with E-state index in [1.54, 1.807) is 24.3 Å². The summed E-state index contributed by atoms with van der Waals surface area (Å²) in [5.41, 5.74) is 2.54. The molecular weight excluding hydrogens is 369 g/mol. The van der Waals surface area contributed by atoms with Crippen LogP contribution in [0.1, 0.15) is 5.56 Å². The molecule has 25 heavy (non-hydrogen) atoms. The number of aromatic hydroxyl groups is 1. The van der Waals surface area contributed by atoms with Gasteiger partial charge in [-0.25, -0.2) is 5.43 Å². The van der Waals surface area contributed by atoms with Crippen LogP contribution >= 0.6 is 23.2 Å². The molecule has 0 bridgehead atoms. The number of carbonyl (C=O) groups excluding carboxylic acids is 2. The van der Waals surface area contributed by atoms with Crippen LogP contribution in [-0.4, -0.2) is 30.2 Å². The van der Waals surface area contributed by atoms with Crippen LogP contribution in [0.5, 0.6) is 11.5 Å². The summed E-state index contributed by atoms with van der Waals surface area (Å²) < 4.78 is 4.95. The summed E-state index contributed by atoms with van der Waals surface area (Å²) in [4.78, 5) is 23.6. The van der Waals surface area contributed by atoms with Crippen molar-refractivity contribution in [2.45, 2.75) is 0 Å². The molecule has 0 saturated heterocycles. The summed E-state index contributed by atoms with van der Waals surface area (Å²) in [5.74, 6) is -1.88. The molecule has 0 radical (unpaired) electrons. The van der Waals surface area contributed by atoms with Crippen LogP contribution in [0.2, 0.25) is 10.0 Å². The molecule has 0 fully saturated rings. The van der Waals surface area contributed by atoms with Gasteiger partial charge in [-0.2, -0.15) is 5.10 Å². The van der Waals surface area contributed by atoms with E-state index in [4.69, 9.17) is 27.9 Å². The van der Waals surface area contributed by atoms with E-state index < -0.39 is 11.8 Å². The predicted octanol–water partition coefficient (Wildman–Crippen LogP) is 2.80. The van der Waals surface area contributed by atoms with Gasteiger partial charge in [0.1, 0.15) is 0 Å². The van der Waals surface area contributed by atoms with E-state index >= 15 is 0 Å². The number of amides is 2. The van der Waals surface area contributed by atoms with Gasteiger partial charge in [-0.05, 0) is 30.3 Å². The van der Waals surface area contributed by atoms with E-state index in [1.165, 1.54) is 25.5 Å². The molecule has 3 N–H and O–H groups in total. The lowest BCUT2D eigenvalue weighted by Gasteiger charge is -2.07. The number of phenols is 1. The van der Waals surface area contributed by atoms with E-state index in [-0.39, 0.29) is 22.2 Å². The van der Waals surface area contributed by atoms with Gasteiger partial charge in [0.05, 0.1) is 24.0 Å². The maximum Gasteiger partial charge on any atom is 0.329 e. The van der Waals surface area contributed by atoms with Gasteiger partial charge in [0.2, 0.25) is 0 Å². The van der Waals surface area contributed by atoms with E-state index in [0.717, 1.165) is 0 Å². The molecular formula is C16H13Cl2N3O4. The molecule has 2 aromatic carbocycles. The standard InChI is InChI=1S/C16H13Cl2N3O4/c1-25-13-4-2-3-9(14(13)22)8-19-21-16(24)15(23)20-12-7-10(17)5-6-11(12)18/h2-8,22H,1H3,(H,20,23)(H,21,24)/b19-8-. The first-order valence-electron chi connectivity index (χ1n) is 6.87. The Morgan fingerprint density at radius 1 is 1.20 bits per heavy atom. The number of hydrogen-bond donors (Lipinski definition) is 3. The van der Waals surface area contributed by atoms with Gasteiger partial charge in [-0.15, -0.1) is 0 Å². The molecule has 0 saturated carbocycles. The number of benzene rings is 2. The van der Waals surface area contributed by atoms with Crippen molar-refractivity contribution in [3.8, 4) is 11.5 Å². The SMILES string of the molecule is COc1cccc(/C=N\NC(=O)C(=O)Nc2cc(Cl)ccc2Cl)c1O. The van der Waals surface area contributed by atoms with Crippen molar-refractivity contribution in [2.75, 3.05) is 12.4 Å². The number of halogens is 2. The van der Waals surface area contributed by atoms with Crippen molar-refractivity contribution in [2.24, 2.45) is 5.10 Å². The highest BCUT2D eigenvalue weighted by Crippen LogP contribution is 2.28. The quantitative estimate of drug-likeness (QED) is 0.430. The Morgan fingerprint density at radius 2 is 1.96 bits per heavy atom. The third-order valence-electron chi connectivity index (χ3n) is 3.00. The number of carbonyl (C=O) groups is 2. The molecule has 0 atom stereocenters. The number of para-hydroxylation sites is 1. The molecule has 0 unspecified atom stereocenters. The number of anilines is 1. The molecule has 0 aliphatic carbocycles. The largest absolute Gasteiger partial charge is 0.504 e. The van der Waals surface area contributed by atoms with Crippen LogP contribution < -0.4 is 15.5 Å². The molecule has 0 aromatic heterocycles. The van der Waals surface area contributed by atoms with Crippen LogP contribution in [0, 0.1) is 0 Å². The van der Waals surface area contributed by atoms with Crippen LogP contribution in [0.3, 0.4) is 0 Å². The monoisotopic (exact) mass is 381 g/mol. The predicted molar refractivity (Wildman–Crippen MR) is 95.5 cm³/mol. The van der Waals surface area contributed by atoms with Crippen LogP contribution in [-0.2, 0) is 9.59 Å². The highest BCUT2D eigenvalue weighted by molar-refractivity contribution is 6.42. The van der Waals surface area contributed by atoms with Gasteiger partial charge in [0.25, 0.3) is 0 Å². The number of hydrazone groups is 1. The topological polar surface area (TPSA) is 100 Å². The number of nitrogens with zero attached hydrogens (tertiary/aromatic N) is 1. The van der Waals surface area contributed by atoms with Crippen molar-refractivity contribution < 1.29 is 19.4 Å². The molecule has 2 rings (SSSR count). The molecule has 0 aliphatic heterocycles. The van der Waals surface area contributed by atoms with Gasteiger partial charge >= 0.3 is 11.8 Å². The fourth-order valence-electron chi connectivity index (χ4n) is 1.79. The summed E-state index contributed by atoms with van der Waals surface area (Å²) in [6.07, 6.45) is 1.18. The second kappa shape index (κ2) is 8.36. The second-order valence-corrected chi connectivity index (χ2v) is 5.52. The minimum Gasteiger partial charge on any atom is -0.504 e. The lowest BCUT2D eigenvalue weighted by molar-refractivity contribution is -0.136. The van der Waals surface area contributed by atoms with Crippen LogP contribution in [0.25, 0.3) is 0 Å². The summed E-state index contributed by atoms with van der Waals surface area (Å²) in [6, 6.07) is 9.20. The first-order chi connectivity index (χ1) is 11.9. The van der Waals surface area contributed by atoms with Crippen LogP contribution in [0.4, 0.5) is 5.69 Å². The van der Waals surface area contributed by atoms with Gasteiger partial charge < -0.3 is 15.2 Å². The average Bonchev–Trinajstić information content (AvgIpc) is 2.59. The van der Waals surface area contributed by atoms with Gasteiger partial charge in [0.15, 0.2) is 11.5 Å². The fourth-order valence-corrected chi connectivity index (χ4v) is 2.13. The van der Waals surface area contributed by atoms with Gasteiger partial charge in [-0.3, -0.25) is 9.59 Å².